The van der Waals surface area contributed by atoms with Crippen LogP contribution in [0.1, 0.15) is 46.4 Å². The first-order chi connectivity index (χ1) is 9.67. The fourth-order valence-corrected chi connectivity index (χ4v) is 2.56. The minimum absolute atomic E-state index is 0.142. The zero-order valence-corrected chi connectivity index (χ0v) is 13.4. The van der Waals surface area contributed by atoms with Crippen LogP contribution in [0, 0.1) is 17.0 Å². The highest BCUT2D eigenvalue weighted by Crippen LogP contribution is 2.30. The van der Waals surface area contributed by atoms with Crippen molar-refractivity contribution in [1.29, 1.82) is 0 Å². The monoisotopic (exact) mass is 291 g/mol. The van der Waals surface area contributed by atoms with Crippen LogP contribution < -0.4 is 0 Å². The molecule has 1 aromatic carbocycles. The lowest BCUT2D eigenvalue weighted by atomic mass is 9.90. The highest BCUT2D eigenvalue weighted by Gasteiger charge is 2.18. The molecule has 0 N–H and O–H groups in total. The zero-order chi connectivity index (χ0) is 15.8. The molecule has 114 valence electrons. The Hall–Kier alpha value is -1.64. The van der Waals surface area contributed by atoms with Crippen LogP contribution in [0.15, 0.2) is 30.5 Å². The van der Waals surface area contributed by atoms with E-state index in [1.807, 2.05) is 12.3 Å². The van der Waals surface area contributed by atoms with Gasteiger partial charge in [-0.2, -0.15) is 0 Å². The molecule has 2 aromatic rings. The summed E-state index contributed by atoms with van der Waals surface area (Å²) in [6.07, 6.45) is 2.81. The van der Waals surface area contributed by atoms with Gasteiger partial charge in [-0.15, -0.1) is 0 Å². The minimum atomic E-state index is -0.416. The molecule has 1 aromatic heterocycles. The van der Waals surface area contributed by atoms with E-state index in [1.165, 1.54) is 12.1 Å². The highest BCUT2D eigenvalue weighted by atomic mass is 19.1. The van der Waals surface area contributed by atoms with Gasteiger partial charge in [-0.3, -0.25) is 0 Å². The van der Waals surface area contributed by atoms with Gasteiger partial charge in [0, 0.05) is 29.1 Å². The number of benzene rings is 1. The quantitative estimate of drug-likeness (QED) is 0.693. The third-order valence-electron chi connectivity index (χ3n) is 3.44. The molecule has 0 amide bonds. The lowest BCUT2D eigenvalue weighted by Crippen LogP contribution is -2.14. The molecular weight excluding hydrogens is 268 g/mol. The zero-order valence-electron chi connectivity index (χ0n) is 13.4. The van der Waals surface area contributed by atoms with E-state index in [1.54, 1.807) is 0 Å². The largest absolute Gasteiger partial charge is 0.348 e. The maximum absolute atomic E-state index is 14.0. The summed E-state index contributed by atoms with van der Waals surface area (Å²) < 4.78 is 29.5. The molecule has 0 bridgehead atoms. The van der Waals surface area contributed by atoms with Gasteiger partial charge in [0.2, 0.25) is 0 Å². The van der Waals surface area contributed by atoms with Gasteiger partial charge in [0.25, 0.3) is 0 Å². The van der Waals surface area contributed by atoms with Crippen LogP contribution in [0.2, 0.25) is 0 Å². The van der Waals surface area contributed by atoms with Crippen molar-refractivity contribution >= 4 is 0 Å². The van der Waals surface area contributed by atoms with E-state index in [-0.39, 0.29) is 17.3 Å². The molecule has 0 aliphatic rings. The van der Waals surface area contributed by atoms with Gasteiger partial charge in [0.05, 0.1) is 0 Å². The van der Waals surface area contributed by atoms with Gasteiger partial charge in [-0.1, -0.05) is 20.8 Å². The van der Waals surface area contributed by atoms with E-state index < -0.39 is 5.82 Å². The molecular formula is C18H23F2N. The van der Waals surface area contributed by atoms with Gasteiger partial charge in [0.1, 0.15) is 11.6 Å². The number of hydrogen-bond donors (Lipinski definition) is 0. The van der Waals surface area contributed by atoms with Gasteiger partial charge >= 0.3 is 0 Å². The number of rotatable bonds is 3. The van der Waals surface area contributed by atoms with E-state index in [0.29, 0.717) is 5.56 Å². The van der Waals surface area contributed by atoms with Crippen molar-refractivity contribution in [2.75, 3.05) is 0 Å². The second kappa shape index (κ2) is 5.63. The average Bonchev–Trinajstić information content (AvgIpc) is 2.73. The molecule has 0 spiro atoms. The standard InChI is InChI=1S/C18H23F2N/c1-12(2)21-11-13(8-15(21)10-18(3,4)5)16-9-14(19)6-7-17(16)20/h6-9,11-12H,10H2,1-5H3. The van der Waals surface area contributed by atoms with Crippen LogP contribution >= 0.6 is 0 Å². The molecule has 0 fully saturated rings. The van der Waals surface area contributed by atoms with Crippen LogP contribution in [0.4, 0.5) is 8.78 Å². The molecule has 1 heterocycles. The van der Waals surface area contributed by atoms with Gasteiger partial charge in [0.15, 0.2) is 0 Å². The van der Waals surface area contributed by atoms with Crippen molar-refractivity contribution in [3.8, 4) is 11.1 Å². The van der Waals surface area contributed by atoms with Crippen molar-refractivity contribution in [2.24, 2.45) is 5.41 Å². The highest BCUT2D eigenvalue weighted by molar-refractivity contribution is 5.64. The first kappa shape index (κ1) is 15.7. The first-order valence-corrected chi connectivity index (χ1v) is 7.33. The summed E-state index contributed by atoms with van der Waals surface area (Å²) in [5.41, 5.74) is 2.35. The first-order valence-electron chi connectivity index (χ1n) is 7.33. The van der Waals surface area contributed by atoms with Crippen LogP contribution in [0.3, 0.4) is 0 Å². The summed E-state index contributed by atoms with van der Waals surface area (Å²) >= 11 is 0. The van der Waals surface area contributed by atoms with Crippen LogP contribution in [-0.2, 0) is 6.42 Å². The number of hydrogen-bond acceptors (Lipinski definition) is 0. The third-order valence-corrected chi connectivity index (χ3v) is 3.44. The fourth-order valence-electron chi connectivity index (χ4n) is 2.56. The molecule has 0 saturated heterocycles. The summed E-state index contributed by atoms with van der Waals surface area (Å²) in [7, 11) is 0. The Morgan fingerprint density at radius 2 is 1.76 bits per heavy atom. The Kier molecular flexibility index (Phi) is 4.22. The van der Waals surface area contributed by atoms with Gasteiger partial charge < -0.3 is 4.57 Å². The summed E-state index contributed by atoms with van der Waals surface area (Å²) in [6.45, 7) is 10.7. The second-order valence-corrected chi connectivity index (χ2v) is 7.08. The molecule has 21 heavy (non-hydrogen) atoms. The van der Waals surface area contributed by atoms with Crippen molar-refractivity contribution in [1.82, 2.24) is 4.57 Å². The van der Waals surface area contributed by atoms with Crippen molar-refractivity contribution in [2.45, 2.75) is 47.1 Å². The van der Waals surface area contributed by atoms with Gasteiger partial charge in [-0.25, -0.2) is 8.78 Å². The lowest BCUT2D eigenvalue weighted by Gasteiger charge is -2.21. The summed E-state index contributed by atoms with van der Waals surface area (Å²) in [5, 5.41) is 0. The maximum Gasteiger partial charge on any atom is 0.131 e. The molecule has 1 nitrogen and oxygen atoms in total. The molecule has 0 atom stereocenters. The topological polar surface area (TPSA) is 4.93 Å². The number of aromatic nitrogens is 1. The van der Waals surface area contributed by atoms with E-state index in [9.17, 15) is 8.78 Å². The molecule has 2 rings (SSSR count). The Labute approximate surface area is 125 Å². The van der Waals surface area contributed by atoms with Crippen LogP contribution in [0.5, 0.6) is 0 Å². The number of nitrogens with zero attached hydrogens (tertiary/aromatic N) is 1. The second-order valence-electron chi connectivity index (χ2n) is 7.08. The predicted molar refractivity (Wildman–Crippen MR) is 83.3 cm³/mol. The Balaban J connectivity index is 2.51. The Bertz CT molecular complexity index is 633. The molecule has 0 aliphatic heterocycles. The Morgan fingerprint density at radius 1 is 1.10 bits per heavy atom. The van der Waals surface area contributed by atoms with Crippen molar-refractivity contribution < 1.29 is 8.78 Å². The predicted octanol–water partition coefficient (Wildman–Crippen LogP) is 5.60. The van der Waals surface area contributed by atoms with Gasteiger partial charge in [-0.05, 0) is 49.9 Å². The molecule has 0 unspecified atom stereocenters. The normalized spacial score (nSPS) is 12.2. The average molecular weight is 291 g/mol. The maximum atomic E-state index is 14.0. The third kappa shape index (κ3) is 3.72. The van der Waals surface area contributed by atoms with E-state index in [2.05, 4.69) is 39.2 Å². The van der Waals surface area contributed by atoms with Crippen LogP contribution in [-0.4, -0.2) is 4.57 Å². The summed E-state index contributed by atoms with van der Waals surface area (Å²) in [5.74, 6) is -0.805. The Morgan fingerprint density at radius 3 is 2.33 bits per heavy atom. The molecule has 0 saturated carbocycles. The summed E-state index contributed by atoms with van der Waals surface area (Å²) in [4.78, 5) is 0. The van der Waals surface area contributed by atoms with E-state index in [0.717, 1.165) is 23.7 Å². The number of halogens is 2. The molecule has 3 heteroatoms. The van der Waals surface area contributed by atoms with Crippen LogP contribution in [0.25, 0.3) is 11.1 Å². The lowest BCUT2D eigenvalue weighted by molar-refractivity contribution is 0.392. The van der Waals surface area contributed by atoms with Crippen molar-refractivity contribution in [3.05, 3.63) is 47.8 Å². The molecule has 0 radical (unpaired) electrons. The summed E-state index contributed by atoms with van der Waals surface area (Å²) in [6, 6.07) is 5.85. The minimum Gasteiger partial charge on any atom is -0.348 e. The van der Waals surface area contributed by atoms with Crippen molar-refractivity contribution in [3.63, 3.8) is 0 Å². The smallest absolute Gasteiger partial charge is 0.131 e. The van der Waals surface area contributed by atoms with E-state index >= 15 is 0 Å². The SMILES string of the molecule is CC(C)n1cc(-c2cc(F)ccc2F)cc1CC(C)(C)C. The fraction of sp³-hybridized carbons (Fsp3) is 0.444. The molecule has 0 aliphatic carbocycles. The van der Waals surface area contributed by atoms with E-state index in [4.69, 9.17) is 0 Å².